The molecule has 0 radical (unpaired) electrons. The maximum Gasteiger partial charge on any atom is 0.243 e. The molecule has 1 fully saturated rings. The van der Waals surface area contributed by atoms with Gasteiger partial charge in [-0.1, -0.05) is 22.8 Å². The van der Waals surface area contributed by atoms with Crippen molar-refractivity contribution in [3.8, 4) is 10.7 Å². The summed E-state index contributed by atoms with van der Waals surface area (Å²) in [4.78, 5) is 19.3. The first kappa shape index (κ1) is 21.9. The summed E-state index contributed by atoms with van der Waals surface area (Å²) in [6.45, 7) is 0.812. The highest BCUT2D eigenvalue weighted by atomic mass is 35.5. The zero-order valence-electron chi connectivity index (χ0n) is 16.2. The smallest absolute Gasteiger partial charge is 0.243 e. The molecule has 1 saturated heterocycles. The van der Waals surface area contributed by atoms with Crippen LogP contribution < -0.4 is 0 Å². The second kappa shape index (κ2) is 9.03. The van der Waals surface area contributed by atoms with Crippen molar-refractivity contribution in [2.45, 2.75) is 17.7 Å². The number of hydrogen-bond acceptors (Lipinski definition) is 7. The number of rotatable bonds is 6. The van der Waals surface area contributed by atoms with E-state index >= 15 is 0 Å². The maximum absolute atomic E-state index is 13.3. The van der Waals surface area contributed by atoms with Gasteiger partial charge in [0, 0.05) is 39.0 Å². The van der Waals surface area contributed by atoms with Crippen LogP contribution in [0.4, 0.5) is 4.39 Å². The molecule has 0 aliphatic carbocycles. The van der Waals surface area contributed by atoms with Crippen LogP contribution in [-0.2, 0) is 21.2 Å². The van der Waals surface area contributed by atoms with E-state index in [2.05, 4.69) is 10.1 Å². The first-order chi connectivity index (χ1) is 14.8. The van der Waals surface area contributed by atoms with Crippen molar-refractivity contribution in [2.75, 3.05) is 26.2 Å². The van der Waals surface area contributed by atoms with Crippen molar-refractivity contribution < 1.29 is 22.1 Å². The Morgan fingerprint density at radius 1 is 1.23 bits per heavy atom. The SMILES string of the molecule is O=C(CCc1nc(-c2cccs2)no1)N1CCN(S(=O)(=O)c2ccc(F)c(Cl)c2)CC1. The molecule has 2 aromatic heterocycles. The van der Waals surface area contributed by atoms with Crippen molar-refractivity contribution in [1.29, 1.82) is 0 Å². The molecule has 164 valence electrons. The zero-order valence-corrected chi connectivity index (χ0v) is 18.6. The zero-order chi connectivity index (χ0) is 22.0. The molecular weight excluding hydrogens is 467 g/mol. The maximum atomic E-state index is 13.3. The summed E-state index contributed by atoms with van der Waals surface area (Å²) < 4.78 is 45.3. The minimum atomic E-state index is -3.81. The summed E-state index contributed by atoms with van der Waals surface area (Å²) in [5, 5.41) is 5.58. The summed E-state index contributed by atoms with van der Waals surface area (Å²) >= 11 is 7.21. The van der Waals surface area contributed by atoms with E-state index in [4.69, 9.17) is 16.1 Å². The highest BCUT2D eigenvalue weighted by Gasteiger charge is 2.30. The number of aromatic nitrogens is 2. The summed E-state index contributed by atoms with van der Waals surface area (Å²) in [6, 6.07) is 7.08. The van der Waals surface area contributed by atoms with E-state index in [-0.39, 0.29) is 48.4 Å². The molecule has 1 amide bonds. The van der Waals surface area contributed by atoms with Gasteiger partial charge in [0.1, 0.15) is 5.82 Å². The van der Waals surface area contributed by atoms with Crippen LogP contribution in [0.1, 0.15) is 12.3 Å². The lowest BCUT2D eigenvalue weighted by atomic mass is 10.2. The van der Waals surface area contributed by atoms with Crippen LogP contribution in [0.3, 0.4) is 0 Å². The molecule has 0 unspecified atom stereocenters. The van der Waals surface area contributed by atoms with Gasteiger partial charge in [-0.25, -0.2) is 12.8 Å². The topological polar surface area (TPSA) is 96.6 Å². The Hall–Kier alpha value is -2.34. The van der Waals surface area contributed by atoms with E-state index in [9.17, 15) is 17.6 Å². The van der Waals surface area contributed by atoms with E-state index in [1.165, 1.54) is 21.7 Å². The van der Waals surface area contributed by atoms with Crippen LogP contribution >= 0.6 is 22.9 Å². The van der Waals surface area contributed by atoms with Crippen LogP contribution in [0.25, 0.3) is 10.7 Å². The largest absolute Gasteiger partial charge is 0.340 e. The Bertz CT molecular complexity index is 1180. The molecule has 3 aromatic rings. The van der Waals surface area contributed by atoms with Crippen molar-refractivity contribution in [2.24, 2.45) is 0 Å². The lowest BCUT2D eigenvalue weighted by Gasteiger charge is -2.34. The van der Waals surface area contributed by atoms with Crippen LogP contribution in [0.5, 0.6) is 0 Å². The van der Waals surface area contributed by atoms with Crippen molar-refractivity contribution in [3.63, 3.8) is 0 Å². The molecule has 0 bridgehead atoms. The monoisotopic (exact) mass is 484 g/mol. The number of benzene rings is 1. The van der Waals surface area contributed by atoms with E-state index in [1.54, 1.807) is 4.90 Å². The van der Waals surface area contributed by atoms with Gasteiger partial charge in [-0.2, -0.15) is 9.29 Å². The molecule has 0 spiro atoms. The van der Waals surface area contributed by atoms with Gasteiger partial charge in [-0.05, 0) is 29.6 Å². The van der Waals surface area contributed by atoms with Crippen molar-refractivity contribution in [3.05, 3.63) is 52.4 Å². The molecule has 3 heterocycles. The third-order valence-corrected chi connectivity index (χ3v) is 7.93. The molecule has 8 nitrogen and oxygen atoms in total. The second-order valence-corrected chi connectivity index (χ2v) is 10.1. The van der Waals surface area contributed by atoms with Crippen LogP contribution in [0.15, 0.2) is 45.1 Å². The third kappa shape index (κ3) is 4.79. The van der Waals surface area contributed by atoms with Gasteiger partial charge in [0.25, 0.3) is 0 Å². The van der Waals surface area contributed by atoms with Gasteiger partial charge >= 0.3 is 0 Å². The minimum Gasteiger partial charge on any atom is -0.340 e. The fourth-order valence-electron chi connectivity index (χ4n) is 3.20. The van der Waals surface area contributed by atoms with Gasteiger partial charge < -0.3 is 9.42 Å². The third-order valence-electron chi connectivity index (χ3n) is 4.88. The molecular formula is C19H18ClFN4O4S2. The van der Waals surface area contributed by atoms with Crippen LogP contribution in [0.2, 0.25) is 5.02 Å². The summed E-state index contributed by atoms with van der Waals surface area (Å²) in [7, 11) is -3.81. The van der Waals surface area contributed by atoms with E-state index in [0.29, 0.717) is 18.1 Å². The molecule has 1 aliphatic rings. The average Bonchev–Trinajstić information content (AvgIpc) is 3.46. The number of carbonyl (C=O) groups is 1. The number of amides is 1. The Morgan fingerprint density at radius 3 is 2.68 bits per heavy atom. The first-order valence-corrected chi connectivity index (χ1v) is 12.1. The number of piperazine rings is 1. The van der Waals surface area contributed by atoms with Gasteiger partial charge in [0.05, 0.1) is 14.8 Å². The predicted octanol–water partition coefficient (Wildman–Crippen LogP) is 3.06. The molecule has 1 aliphatic heterocycles. The molecule has 0 N–H and O–H groups in total. The van der Waals surface area contributed by atoms with Gasteiger partial charge in [0.15, 0.2) is 0 Å². The number of carbonyl (C=O) groups excluding carboxylic acids is 1. The van der Waals surface area contributed by atoms with Gasteiger partial charge in [-0.15, -0.1) is 11.3 Å². The van der Waals surface area contributed by atoms with Crippen LogP contribution in [0, 0.1) is 5.82 Å². The fraction of sp³-hybridized carbons (Fsp3) is 0.316. The summed E-state index contributed by atoms with van der Waals surface area (Å²) in [5.41, 5.74) is 0. The van der Waals surface area contributed by atoms with E-state index in [1.807, 2.05) is 17.5 Å². The quantitative estimate of drug-likeness (QED) is 0.533. The molecule has 4 rings (SSSR count). The van der Waals surface area contributed by atoms with E-state index in [0.717, 1.165) is 17.0 Å². The molecule has 1 aromatic carbocycles. The van der Waals surface area contributed by atoms with Crippen molar-refractivity contribution in [1.82, 2.24) is 19.3 Å². The molecule has 12 heteroatoms. The standard InChI is InChI=1S/C19H18ClFN4O4S2/c20-14-12-13(3-4-15(14)21)31(27,28)25-9-7-24(8-10-25)18(26)6-5-17-22-19(23-29-17)16-2-1-11-30-16/h1-4,11-12H,5-10H2. The predicted molar refractivity (Wildman–Crippen MR) is 113 cm³/mol. The van der Waals surface area contributed by atoms with Crippen LogP contribution in [-0.4, -0.2) is 59.8 Å². The molecule has 0 saturated carbocycles. The summed E-state index contributed by atoms with van der Waals surface area (Å²) in [5.74, 6) is 0.0841. The number of nitrogens with zero attached hydrogens (tertiary/aromatic N) is 4. The molecule has 0 atom stereocenters. The lowest BCUT2D eigenvalue weighted by molar-refractivity contribution is -0.132. The number of sulfonamides is 1. The van der Waals surface area contributed by atoms with Gasteiger partial charge in [-0.3, -0.25) is 4.79 Å². The Labute approximate surface area is 187 Å². The highest BCUT2D eigenvalue weighted by Crippen LogP contribution is 2.24. The Kier molecular flexibility index (Phi) is 6.37. The van der Waals surface area contributed by atoms with Gasteiger partial charge in [0.2, 0.25) is 27.6 Å². The second-order valence-electron chi connectivity index (χ2n) is 6.85. The fourth-order valence-corrected chi connectivity index (χ4v) is 5.54. The van der Waals surface area contributed by atoms with E-state index < -0.39 is 15.8 Å². The average molecular weight is 485 g/mol. The number of aryl methyl sites for hydroxylation is 1. The number of thiophene rings is 1. The minimum absolute atomic E-state index is 0.0726. The summed E-state index contributed by atoms with van der Waals surface area (Å²) in [6.07, 6.45) is 0.496. The Morgan fingerprint density at radius 2 is 2.00 bits per heavy atom. The Balaban J connectivity index is 1.31. The number of halogens is 2. The normalized spacial score (nSPS) is 15.4. The highest BCUT2D eigenvalue weighted by molar-refractivity contribution is 7.89. The lowest BCUT2D eigenvalue weighted by Crippen LogP contribution is -2.50. The molecule has 31 heavy (non-hydrogen) atoms. The van der Waals surface area contributed by atoms with Crippen molar-refractivity contribution >= 4 is 38.9 Å². The first-order valence-electron chi connectivity index (χ1n) is 9.44. The number of hydrogen-bond donors (Lipinski definition) is 0.